The Morgan fingerprint density at radius 3 is 2.88 bits per heavy atom. The molecule has 2 heterocycles. The van der Waals surface area contributed by atoms with Gasteiger partial charge in [-0.2, -0.15) is 11.3 Å². The zero-order valence-electron chi connectivity index (χ0n) is 14.4. The van der Waals surface area contributed by atoms with Crippen LogP contribution in [0.5, 0.6) is 0 Å². The molecule has 132 valence electrons. The summed E-state index contributed by atoms with van der Waals surface area (Å²) in [7, 11) is 1.85. The molecule has 2 amide bonds. The Kier molecular flexibility index (Phi) is 5.56. The fourth-order valence-corrected chi connectivity index (χ4v) is 4.25. The second kappa shape index (κ2) is 7.66. The number of amides is 2. The predicted octanol–water partition coefficient (Wildman–Crippen LogP) is 2.63. The fourth-order valence-electron chi connectivity index (χ4n) is 3.62. The first-order valence-corrected chi connectivity index (χ1v) is 9.74. The molecular weight excluding hydrogens is 324 g/mol. The van der Waals surface area contributed by atoms with Crippen LogP contribution >= 0.6 is 11.3 Å². The molecule has 24 heavy (non-hydrogen) atoms. The standard InChI is InChI=1S/C18H26N2O3S/c1-3-23-16-9-14(10-16)18(22)20-7-4-5-15(11-20)19(2)17(21)13-6-8-24-12-13/h6,8,12,14-16H,3-5,7,9-11H2,1-2H3. The highest BCUT2D eigenvalue weighted by molar-refractivity contribution is 7.08. The van der Waals surface area contributed by atoms with Gasteiger partial charge in [0.25, 0.3) is 5.91 Å². The highest BCUT2D eigenvalue weighted by atomic mass is 32.1. The van der Waals surface area contributed by atoms with E-state index in [4.69, 9.17) is 4.74 Å². The number of likely N-dealkylation sites (N-methyl/N-ethyl adjacent to an activating group) is 1. The monoisotopic (exact) mass is 350 g/mol. The smallest absolute Gasteiger partial charge is 0.254 e. The molecule has 1 aromatic heterocycles. The predicted molar refractivity (Wildman–Crippen MR) is 94.2 cm³/mol. The van der Waals surface area contributed by atoms with Crippen LogP contribution in [-0.2, 0) is 9.53 Å². The van der Waals surface area contributed by atoms with Gasteiger partial charge in [-0.25, -0.2) is 0 Å². The number of carbonyl (C=O) groups is 2. The van der Waals surface area contributed by atoms with Crippen molar-refractivity contribution in [3.05, 3.63) is 22.4 Å². The van der Waals surface area contributed by atoms with Crippen molar-refractivity contribution in [1.82, 2.24) is 9.80 Å². The molecular formula is C18H26N2O3S. The van der Waals surface area contributed by atoms with Gasteiger partial charge >= 0.3 is 0 Å². The topological polar surface area (TPSA) is 49.9 Å². The lowest BCUT2D eigenvalue weighted by Gasteiger charge is -2.42. The Hall–Kier alpha value is -1.40. The van der Waals surface area contributed by atoms with Gasteiger partial charge in [-0.05, 0) is 44.1 Å². The number of hydrogen-bond acceptors (Lipinski definition) is 4. The summed E-state index contributed by atoms with van der Waals surface area (Å²) in [5.74, 6) is 0.404. The average Bonchev–Trinajstić information content (AvgIpc) is 3.10. The molecule has 2 fully saturated rings. The molecule has 0 N–H and O–H groups in total. The first-order valence-electron chi connectivity index (χ1n) is 8.80. The Labute approximate surface area is 147 Å². The Morgan fingerprint density at radius 1 is 1.42 bits per heavy atom. The average molecular weight is 350 g/mol. The summed E-state index contributed by atoms with van der Waals surface area (Å²) in [6.07, 6.45) is 3.86. The van der Waals surface area contributed by atoms with E-state index >= 15 is 0 Å². The van der Waals surface area contributed by atoms with E-state index in [2.05, 4.69) is 0 Å². The molecule has 5 nitrogen and oxygen atoms in total. The number of carbonyl (C=O) groups excluding carboxylic acids is 2. The summed E-state index contributed by atoms with van der Waals surface area (Å²) in [6.45, 7) is 4.17. The molecule has 1 saturated heterocycles. The summed E-state index contributed by atoms with van der Waals surface area (Å²) in [4.78, 5) is 28.9. The molecule has 1 unspecified atom stereocenters. The van der Waals surface area contributed by atoms with Crippen molar-refractivity contribution in [3.63, 3.8) is 0 Å². The summed E-state index contributed by atoms with van der Waals surface area (Å²) in [5.41, 5.74) is 0.740. The molecule has 2 aliphatic rings. The number of piperidine rings is 1. The molecule has 1 aliphatic carbocycles. The van der Waals surface area contributed by atoms with Crippen molar-refractivity contribution in [2.75, 3.05) is 26.7 Å². The third kappa shape index (κ3) is 3.64. The van der Waals surface area contributed by atoms with Gasteiger partial charge < -0.3 is 14.5 Å². The molecule has 0 bridgehead atoms. The van der Waals surface area contributed by atoms with Gasteiger partial charge in [0, 0.05) is 44.1 Å². The zero-order chi connectivity index (χ0) is 17.1. The molecule has 0 radical (unpaired) electrons. The van der Waals surface area contributed by atoms with E-state index in [1.807, 2.05) is 40.6 Å². The highest BCUT2D eigenvalue weighted by Crippen LogP contribution is 2.32. The van der Waals surface area contributed by atoms with Gasteiger partial charge in [0.15, 0.2) is 0 Å². The Morgan fingerprint density at radius 2 is 2.21 bits per heavy atom. The van der Waals surface area contributed by atoms with Crippen LogP contribution in [0.4, 0.5) is 0 Å². The number of nitrogens with zero attached hydrogens (tertiary/aromatic N) is 2. The van der Waals surface area contributed by atoms with Crippen LogP contribution in [0.1, 0.15) is 43.0 Å². The lowest BCUT2D eigenvalue weighted by molar-refractivity contribution is -0.146. The van der Waals surface area contributed by atoms with Crippen molar-refractivity contribution in [2.45, 2.75) is 44.8 Å². The first-order chi connectivity index (χ1) is 11.6. The van der Waals surface area contributed by atoms with Crippen LogP contribution in [0.15, 0.2) is 16.8 Å². The fraction of sp³-hybridized carbons (Fsp3) is 0.667. The lowest BCUT2D eigenvalue weighted by Crippen LogP contribution is -2.53. The third-order valence-corrected chi connectivity index (χ3v) is 5.87. The maximum atomic E-state index is 12.7. The largest absolute Gasteiger partial charge is 0.378 e. The number of hydrogen-bond donors (Lipinski definition) is 0. The molecule has 6 heteroatoms. The highest BCUT2D eigenvalue weighted by Gasteiger charge is 2.39. The van der Waals surface area contributed by atoms with Crippen LogP contribution in [0.25, 0.3) is 0 Å². The molecule has 1 atom stereocenters. The number of likely N-dealkylation sites (tertiary alicyclic amines) is 1. The Balaban J connectivity index is 1.54. The maximum absolute atomic E-state index is 12.7. The van der Waals surface area contributed by atoms with Crippen molar-refractivity contribution < 1.29 is 14.3 Å². The van der Waals surface area contributed by atoms with Gasteiger partial charge in [-0.3, -0.25) is 9.59 Å². The van der Waals surface area contributed by atoms with Crippen LogP contribution < -0.4 is 0 Å². The van der Waals surface area contributed by atoms with Crippen molar-refractivity contribution in [3.8, 4) is 0 Å². The molecule has 1 saturated carbocycles. The SMILES string of the molecule is CCOC1CC(C(=O)N2CCCC(N(C)C(=O)c3ccsc3)C2)C1. The third-order valence-electron chi connectivity index (χ3n) is 5.19. The number of thiophene rings is 1. The van der Waals surface area contributed by atoms with Crippen LogP contribution in [0.2, 0.25) is 0 Å². The molecule has 1 aliphatic heterocycles. The molecule has 0 aromatic carbocycles. The van der Waals surface area contributed by atoms with Gasteiger partial charge in [0.1, 0.15) is 0 Å². The van der Waals surface area contributed by atoms with Gasteiger partial charge in [-0.1, -0.05) is 0 Å². The van der Waals surface area contributed by atoms with Gasteiger partial charge in [0.05, 0.1) is 11.7 Å². The molecule has 1 aromatic rings. The second-order valence-electron chi connectivity index (χ2n) is 6.75. The molecule has 3 rings (SSSR count). The van der Waals surface area contributed by atoms with Crippen molar-refractivity contribution >= 4 is 23.2 Å². The first kappa shape index (κ1) is 17.4. The summed E-state index contributed by atoms with van der Waals surface area (Å²) in [6, 6.07) is 1.97. The summed E-state index contributed by atoms with van der Waals surface area (Å²) < 4.78 is 5.56. The van der Waals surface area contributed by atoms with E-state index in [-0.39, 0.29) is 29.9 Å². The second-order valence-corrected chi connectivity index (χ2v) is 7.53. The van der Waals surface area contributed by atoms with Crippen LogP contribution in [0.3, 0.4) is 0 Å². The van der Waals surface area contributed by atoms with Crippen molar-refractivity contribution in [2.24, 2.45) is 5.92 Å². The summed E-state index contributed by atoms with van der Waals surface area (Å²) >= 11 is 1.53. The number of rotatable bonds is 5. The minimum absolute atomic E-state index is 0.0515. The van der Waals surface area contributed by atoms with Gasteiger partial charge in [0.2, 0.25) is 5.91 Å². The van der Waals surface area contributed by atoms with Crippen LogP contribution in [0, 0.1) is 5.92 Å². The van der Waals surface area contributed by atoms with E-state index in [0.29, 0.717) is 13.2 Å². The van der Waals surface area contributed by atoms with E-state index in [0.717, 1.165) is 37.8 Å². The number of ether oxygens (including phenoxy) is 1. The maximum Gasteiger partial charge on any atom is 0.254 e. The minimum atomic E-state index is 0.0515. The molecule has 0 spiro atoms. The van der Waals surface area contributed by atoms with E-state index in [9.17, 15) is 9.59 Å². The summed E-state index contributed by atoms with van der Waals surface area (Å²) in [5, 5.41) is 3.80. The van der Waals surface area contributed by atoms with Crippen LogP contribution in [-0.4, -0.2) is 60.5 Å². The van der Waals surface area contributed by atoms with E-state index in [1.165, 1.54) is 11.3 Å². The lowest BCUT2D eigenvalue weighted by atomic mass is 9.81. The Bertz CT molecular complexity index is 569. The van der Waals surface area contributed by atoms with E-state index < -0.39 is 0 Å². The van der Waals surface area contributed by atoms with E-state index in [1.54, 1.807) is 0 Å². The normalized spacial score (nSPS) is 26.8. The zero-order valence-corrected chi connectivity index (χ0v) is 15.3. The van der Waals surface area contributed by atoms with Crippen molar-refractivity contribution in [1.29, 1.82) is 0 Å². The van der Waals surface area contributed by atoms with Gasteiger partial charge in [-0.15, -0.1) is 0 Å². The minimum Gasteiger partial charge on any atom is -0.378 e. The quantitative estimate of drug-likeness (QED) is 0.820.